The van der Waals surface area contributed by atoms with Crippen LogP contribution in [0.1, 0.15) is 19.3 Å². The zero-order valence-corrected chi connectivity index (χ0v) is 9.63. The summed E-state index contributed by atoms with van der Waals surface area (Å²) in [7, 11) is 0. The molecule has 0 radical (unpaired) electrons. The molecule has 0 saturated heterocycles. The molecule has 2 nitrogen and oxygen atoms in total. The van der Waals surface area contributed by atoms with Crippen molar-refractivity contribution in [2.45, 2.75) is 19.3 Å². The van der Waals surface area contributed by atoms with Crippen molar-refractivity contribution < 1.29 is 10.2 Å². The largest absolute Gasteiger partial charge is 0.512 e. The van der Waals surface area contributed by atoms with Crippen molar-refractivity contribution >= 4 is 0 Å². The van der Waals surface area contributed by atoms with Crippen LogP contribution >= 0.6 is 0 Å². The fraction of sp³-hybridized carbons (Fsp3) is 0.200. The molecule has 0 saturated carbocycles. The monoisotopic (exact) mass is 228 g/mol. The van der Waals surface area contributed by atoms with Gasteiger partial charge in [0.15, 0.2) is 0 Å². The zero-order valence-electron chi connectivity index (χ0n) is 9.63. The number of allylic oxidation sites excluding steroid dienone is 12. The summed E-state index contributed by atoms with van der Waals surface area (Å²) in [5.74, 6) is 0.788. The van der Waals surface area contributed by atoms with Crippen LogP contribution in [0.25, 0.3) is 0 Å². The zero-order chi connectivity index (χ0) is 12.1. The van der Waals surface area contributed by atoms with Crippen LogP contribution in [0.15, 0.2) is 71.3 Å². The molecule has 2 aliphatic carbocycles. The van der Waals surface area contributed by atoms with Gasteiger partial charge in [-0.2, -0.15) is 0 Å². The molecule has 0 aromatic heterocycles. The van der Waals surface area contributed by atoms with E-state index in [1.165, 1.54) is 0 Å². The number of aliphatic hydroxyl groups excluding tert-OH is 2. The van der Waals surface area contributed by atoms with E-state index in [9.17, 15) is 10.2 Å². The van der Waals surface area contributed by atoms with E-state index >= 15 is 0 Å². The maximum Gasteiger partial charge on any atom is 0.0994 e. The molecule has 2 aliphatic rings. The van der Waals surface area contributed by atoms with E-state index in [-0.39, 0.29) is 0 Å². The second-order valence-electron chi connectivity index (χ2n) is 4.09. The van der Waals surface area contributed by atoms with Crippen molar-refractivity contribution in [1.82, 2.24) is 0 Å². The Morgan fingerprint density at radius 1 is 0.706 bits per heavy atom. The molecular weight excluding hydrogens is 212 g/mol. The molecule has 0 unspecified atom stereocenters. The predicted octanol–water partition coefficient (Wildman–Crippen LogP) is 4.03. The van der Waals surface area contributed by atoms with Crippen LogP contribution in [0.4, 0.5) is 0 Å². The lowest BCUT2D eigenvalue weighted by atomic mass is 10.1. The van der Waals surface area contributed by atoms with Gasteiger partial charge in [0.1, 0.15) is 0 Å². The molecule has 0 aromatic rings. The van der Waals surface area contributed by atoms with Gasteiger partial charge in [0.2, 0.25) is 0 Å². The highest BCUT2D eigenvalue weighted by molar-refractivity contribution is 5.42. The van der Waals surface area contributed by atoms with Crippen molar-refractivity contribution in [2.24, 2.45) is 0 Å². The Balaban J connectivity index is 1.84. The Bertz CT molecular complexity index is 399. The fourth-order valence-electron chi connectivity index (χ4n) is 1.84. The lowest BCUT2D eigenvalue weighted by molar-refractivity contribution is 0.357. The van der Waals surface area contributed by atoms with Crippen molar-refractivity contribution in [2.75, 3.05) is 0 Å². The van der Waals surface area contributed by atoms with Crippen molar-refractivity contribution in [3.05, 3.63) is 71.3 Å². The van der Waals surface area contributed by atoms with Crippen LogP contribution < -0.4 is 0 Å². The van der Waals surface area contributed by atoms with E-state index in [1.54, 1.807) is 0 Å². The summed E-state index contributed by atoms with van der Waals surface area (Å²) in [4.78, 5) is 0. The Hall–Kier alpha value is -1.96. The molecule has 0 aromatic carbocycles. The molecule has 0 fully saturated rings. The highest BCUT2D eigenvalue weighted by Gasteiger charge is 2.05. The number of hydrogen-bond donors (Lipinski definition) is 2. The standard InChI is InChI=1S/C15H16O2/c16-14(12-6-1-2-7-12)10-5-11-15(17)13-8-3-4-9-13/h1-4,6-9,16-17H,5,10-11H2. The first-order valence-electron chi connectivity index (χ1n) is 5.81. The van der Waals surface area contributed by atoms with Gasteiger partial charge < -0.3 is 10.2 Å². The van der Waals surface area contributed by atoms with Gasteiger partial charge in [0.25, 0.3) is 0 Å². The van der Waals surface area contributed by atoms with Crippen molar-refractivity contribution in [3.8, 4) is 0 Å². The van der Waals surface area contributed by atoms with Crippen LogP contribution in [0, 0.1) is 0 Å². The number of hydrogen-bond acceptors (Lipinski definition) is 2. The lowest BCUT2D eigenvalue weighted by Gasteiger charge is -2.04. The number of aliphatic hydroxyl groups is 2. The molecule has 0 bridgehead atoms. The van der Waals surface area contributed by atoms with E-state index in [1.807, 2.05) is 48.6 Å². The topological polar surface area (TPSA) is 40.5 Å². The molecule has 88 valence electrons. The van der Waals surface area contributed by atoms with E-state index < -0.39 is 0 Å². The maximum atomic E-state index is 9.78. The molecule has 17 heavy (non-hydrogen) atoms. The highest BCUT2D eigenvalue weighted by atomic mass is 16.3. The Kier molecular flexibility index (Phi) is 3.66. The second kappa shape index (κ2) is 5.39. The molecule has 0 spiro atoms. The van der Waals surface area contributed by atoms with Gasteiger partial charge in [-0.3, -0.25) is 0 Å². The fourth-order valence-corrected chi connectivity index (χ4v) is 1.84. The van der Waals surface area contributed by atoms with Gasteiger partial charge in [-0.15, -0.1) is 0 Å². The van der Waals surface area contributed by atoms with Crippen LogP contribution in [-0.4, -0.2) is 10.2 Å². The minimum absolute atomic E-state index is 0.394. The predicted molar refractivity (Wildman–Crippen MR) is 69.7 cm³/mol. The minimum atomic E-state index is 0.394. The second-order valence-corrected chi connectivity index (χ2v) is 4.09. The van der Waals surface area contributed by atoms with Crippen LogP contribution in [0.2, 0.25) is 0 Å². The van der Waals surface area contributed by atoms with Crippen LogP contribution in [0.3, 0.4) is 0 Å². The average molecular weight is 228 g/mol. The minimum Gasteiger partial charge on any atom is -0.512 e. The third-order valence-corrected chi connectivity index (χ3v) is 2.82. The van der Waals surface area contributed by atoms with Gasteiger partial charge in [0.05, 0.1) is 11.5 Å². The smallest absolute Gasteiger partial charge is 0.0994 e. The van der Waals surface area contributed by atoms with Gasteiger partial charge in [-0.25, -0.2) is 0 Å². The van der Waals surface area contributed by atoms with Gasteiger partial charge >= 0.3 is 0 Å². The first-order valence-corrected chi connectivity index (χ1v) is 5.81. The Labute approximate surface area is 101 Å². The molecule has 0 amide bonds. The molecule has 0 heterocycles. The summed E-state index contributed by atoms with van der Waals surface area (Å²) in [6, 6.07) is 0. The van der Waals surface area contributed by atoms with E-state index in [4.69, 9.17) is 0 Å². The van der Waals surface area contributed by atoms with Gasteiger partial charge in [0, 0.05) is 24.0 Å². The van der Waals surface area contributed by atoms with Gasteiger partial charge in [-0.1, -0.05) is 48.6 Å². The molecule has 0 aliphatic heterocycles. The van der Waals surface area contributed by atoms with Crippen LogP contribution in [0.5, 0.6) is 0 Å². The van der Waals surface area contributed by atoms with E-state index in [0.29, 0.717) is 24.4 Å². The molecule has 0 atom stereocenters. The van der Waals surface area contributed by atoms with Gasteiger partial charge in [-0.05, 0) is 6.42 Å². The first kappa shape index (κ1) is 11.5. The normalized spacial score (nSPS) is 16.2. The summed E-state index contributed by atoms with van der Waals surface area (Å²) in [5.41, 5.74) is 1.75. The molecule has 2 N–H and O–H groups in total. The summed E-state index contributed by atoms with van der Waals surface area (Å²) in [5, 5.41) is 19.6. The SMILES string of the molecule is OC(CCCC(O)=C1C=CC=C1)=C1C=CC=C1. The van der Waals surface area contributed by atoms with Crippen molar-refractivity contribution in [1.29, 1.82) is 0 Å². The highest BCUT2D eigenvalue weighted by Crippen LogP contribution is 2.20. The third-order valence-electron chi connectivity index (χ3n) is 2.82. The maximum absolute atomic E-state index is 9.78. The van der Waals surface area contributed by atoms with E-state index in [2.05, 4.69) is 0 Å². The summed E-state index contributed by atoms with van der Waals surface area (Å²) >= 11 is 0. The third kappa shape index (κ3) is 3.00. The molecule has 2 heteroatoms. The Morgan fingerprint density at radius 2 is 1.06 bits per heavy atom. The quantitative estimate of drug-likeness (QED) is 0.713. The van der Waals surface area contributed by atoms with Crippen molar-refractivity contribution in [3.63, 3.8) is 0 Å². The lowest BCUT2D eigenvalue weighted by Crippen LogP contribution is -1.90. The molecular formula is C15H16O2. The first-order chi connectivity index (χ1) is 8.27. The summed E-state index contributed by atoms with van der Waals surface area (Å²) in [6.07, 6.45) is 17.1. The average Bonchev–Trinajstić information content (AvgIpc) is 3.02. The summed E-state index contributed by atoms with van der Waals surface area (Å²) < 4.78 is 0. The van der Waals surface area contributed by atoms with Crippen LogP contribution in [-0.2, 0) is 0 Å². The summed E-state index contributed by atoms with van der Waals surface area (Å²) in [6.45, 7) is 0. The van der Waals surface area contributed by atoms with E-state index in [0.717, 1.165) is 17.6 Å². The Morgan fingerprint density at radius 3 is 1.41 bits per heavy atom. The molecule has 2 rings (SSSR count). The number of rotatable bonds is 4.